The Labute approximate surface area is 110 Å². The van der Waals surface area contributed by atoms with Crippen molar-refractivity contribution in [2.75, 3.05) is 5.73 Å². The Morgan fingerprint density at radius 2 is 2.21 bits per heavy atom. The molecule has 0 fully saturated rings. The van der Waals surface area contributed by atoms with Crippen LogP contribution in [0.2, 0.25) is 0 Å². The molecule has 5 nitrogen and oxygen atoms in total. The molecule has 19 heavy (non-hydrogen) atoms. The van der Waals surface area contributed by atoms with E-state index >= 15 is 0 Å². The number of hydrogen-bond acceptors (Lipinski definition) is 3. The van der Waals surface area contributed by atoms with Gasteiger partial charge in [0.25, 0.3) is 5.91 Å². The minimum Gasteiger partial charge on any atom is -0.382 e. The van der Waals surface area contributed by atoms with Gasteiger partial charge in [0.05, 0.1) is 11.9 Å². The predicted octanol–water partition coefficient (Wildman–Crippen LogP) is 2.14. The molecule has 2 heterocycles. The minimum atomic E-state index is -0.0908. The summed E-state index contributed by atoms with van der Waals surface area (Å²) in [4.78, 5) is 15.3. The first-order valence-corrected chi connectivity index (χ1v) is 6.05. The van der Waals surface area contributed by atoms with Gasteiger partial charge in [-0.05, 0) is 30.7 Å². The molecule has 0 saturated carbocycles. The van der Waals surface area contributed by atoms with Crippen LogP contribution in [0.5, 0.6) is 0 Å². The second-order valence-corrected chi connectivity index (χ2v) is 4.58. The molecule has 5 heteroatoms. The highest BCUT2D eigenvalue weighted by atomic mass is 16.2. The van der Waals surface area contributed by atoms with E-state index < -0.39 is 0 Å². The summed E-state index contributed by atoms with van der Waals surface area (Å²) in [7, 11) is 0. The number of nitrogens with two attached hydrogens (primary N) is 1. The van der Waals surface area contributed by atoms with E-state index in [0.717, 1.165) is 22.2 Å². The molecule has 0 atom stereocenters. The maximum Gasteiger partial charge on any atom is 0.251 e. The SMILES string of the molecule is Cc1cc(CC(=O)n2nc(N)c3ccccc32)c[nH]1. The number of fused-ring (bicyclic) bond motifs is 1. The number of carbonyl (C=O) groups excluding carboxylic acids is 1. The number of aromatic amines is 1. The highest BCUT2D eigenvalue weighted by molar-refractivity contribution is 5.97. The Bertz CT molecular complexity index is 754. The smallest absolute Gasteiger partial charge is 0.251 e. The molecular weight excluding hydrogens is 240 g/mol. The van der Waals surface area contributed by atoms with E-state index in [0.29, 0.717) is 12.2 Å². The number of rotatable bonds is 2. The Morgan fingerprint density at radius 1 is 1.42 bits per heavy atom. The molecule has 3 N–H and O–H groups in total. The van der Waals surface area contributed by atoms with Gasteiger partial charge in [-0.2, -0.15) is 4.68 Å². The van der Waals surface area contributed by atoms with Gasteiger partial charge < -0.3 is 10.7 Å². The first-order valence-electron chi connectivity index (χ1n) is 6.05. The van der Waals surface area contributed by atoms with Crippen molar-refractivity contribution in [1.29, 1.82) is 0 Å². The van der Waals surface area contributed by atoms with E-state index in [1.165, 1.54) is 4.68 Å². The summed E-state index contributed by atoms with van der Waals surface area (Å²) in [6.07, 6.45) is 2.14. The molecule has 0 saturated heterocycles. The molecule has 2 aromatic heterocycles. The maximum atomic E-state index is 12.3. The van der Waals surface area contributed by atoms with Crippen LogP contribution >= 0.6 is 0 Å². The molecule has 1 aromatic carbocycles. The number of para-hydroxylation sites is 1. The Balaban J connectivity index is 1.98. The fourth-order valence-corrected chi connectivity index (χ4v) is 2.20. The van der Waals surface area contributed by atoms with Crippen LogP contribution in [0, 0.1) is 6.92 Å². The molecule has 96 valence electrons. The van der Waals surface area contributed by atoms with E-state index in [1.54, 1.807) is 0 Å². The van der Waals surface area contributed by atoms with E-state index in [9.17, 15) is 4.79 Å². The van der Waals surface area contributed by atoms with Gasteiger partial charge in [0, 0.05) is 17.3 Å². The summed E-state index contributed by atoms with van der Waals surface area (Å²) < 4.78 is 1.38. The fraction of sp³-hybridized carbons (Fsp3) is 0.143. The number of H-pyrrole nitrogens is 1. The minimum absolute atomic E-state index is 0.0908. The van der Waals surface area contributed by atoms with E-state index in [1.807, 2.05) is 43.5 Å². The van der Waals surface area contributed by atoms with Crippen LogP contribution in [-0.2, 0) is 6.42 Å². The molecule has 0 spiro atoms. The zero-order valence-electron chi connectivity index (χ0n) is 10.6. The van der Waals surface area contributed by atoms with Crippen molar-refractivity contribution in [3.63, 3.8) is 0 Å². The lowest BCUT2D eigenvalue weighted by atomic mass is 10.2. The standard InChI is InChI=1S/C14H14N4O/c1-9-6-10(8-16-9)7-13(19)18-12-5-3-2-4-11(12)14(15)17-18/h2-6,8,16H,7H2,1H3,(H2,15,17). The first-order chi connectivity index (χ1) is 9.15. The monoisotopic (exact) mass is 254 g/mol. The Morgan fingerprint density at radius 3 is 2.95 bits per heavy atom. The van der Waals surface area contributed by atoms with Crippen molar-refractivity contribution in [2.24, 2.45) is 0 Å². The largest absolute Gasteiger partial charge is 0.382 e. The number of aryl methyl sites for hydroxylation is 1. The highest BCUT2D eigenvalue weighted by Gasteiger charge is 2.14. The molecule has 0 aliphatic carbocycles. The van der Waals surface area contributed by atoms with Gasteiger partial charge in [0.1, 0.15) is 0 Å². The number of aromatic nitrogens is 3. The van der Waals surface area contributed by atoms with Gasteiger partial charge in [-0.15, -0.1) is 5.10 Å². The summed E-state index contributed by atoms with van der Waals surface area (Å²) in [5.41, 5.74) is 8.55. The van der Waals surface area contributed by atoms with Gasteiger partial charge in [-0.1, -0.05) is 12.1 Å². The molecule has 0 aliphatic heterocycles. The van der Waals surface area contributed by atoms with Crippen LogP contribution in [0.25, 0.3) is 10.9 Å². The van der Waals surface area contributed by atoms with Crippen LogP contribution < -0.4 is 5.73 Å². The van der Waals surface area contributed by atoms with Crippen LogP contribution in [-0.4, -0.2) is 20.7 Å². The van der Waals surface area contributed by atoms with Crippen LogP contribution in [0.4, 0.5) is 5.82 Å². The molecule has 3 rings (SSSR count). The van der Waals surface area contributed by atoms with Crippen LogP contribution in [0.15, 0.2) is 36.5 Å². The lowest BCUT2D eigenvalue weighted by molar-refractivity contribution is 0.0904. The summed E-state index contributed by atoms with van der Waals surface area (Å²) in [6, 6.07) is 9.41. The fourth-order valence-electron chi connectivity index (χ4n) is 2.20. The lowest BCUT2D eigenvalue weighted by Gasteiger charge is -2.00. The summed E-state index contributed by atoms with van der Waals surface area (Å²) in [5.74, 6) is 0.293. The zero-order valence-corrected chi connectivity index (χ0v) is 10.6. The Hall–Kier alpha value is -2.56. The second kappa shape index (κ2) is 4.28. The molecule has 0 amide bonds. The highest BCUT2D eigenvalue weighted by Crippen LogP contribution is 2.20. The summed E-state index contributed by atoms with van der Waals surface area (Å²) >= 11 is 0. The van der Waals surface area contributed by atoms with Gasteiger partial charge in [0.15, 0.2) is 5.82 Å². The number of hydrogen-bond donors (Lipinski definition) is 2. The number of benzene rings is 1. The predicted molar refractivity (Wildman–Crippen MR) is 74.0 cm³/mol. The number of nitrogen functional groups attached to an aromatic ring is 1. The third-order valence-corrected chi connectivity index (χ3v) is 3.09. The van der Waals surface area contributed by atoms with Crippen molar-refractivity contribution in [3.8, 4) is 0 Å². The average molecular weight is 254 g/mol. The van der Waals surface area contributed by atoms with Crippen molar-refractivity contribution >= 4 is 22.6 Å². The number of carbonyl (C=O) groups is 1. The molecule has 3 aromatic rings. The maximum absolute atomic E-state index is 12.3. The molecular formula is C14H14N4O. The first kappa shape index (κ1) is 11.5. The molecule has 0 aliphatic rings. The molecule has 0 radical (unpaired) electrons. The lowest BCUT2D eigenvalue weighted by Crippen LogP contribution is -2.14. The second-order valence-electron chi connectivity index (χ2n) is 4.58. The van der Waals surface area contributed by atoms with Crippen molar-refractivity contribution in [2.45, 2.75) is 13.3 Å². The summed E-state index contributed by atoms with van der Waals surface area (Å²) in [5, 5.41) is 4.93. The topological polar surface area (TPSA) is 76.7 Å². The van der Waals surface area contributed by atoms with Crippen LogP contribution in [0.1, 0.15) is 16.1 Å². The van der Waals surface area contributed by atoms with Crippen molar-refractivity contribution in [1.82, 2.24) is 14.8 Å². The number of nitrogens with zero attached hydrogens (tertiary/aromatic N) is 2. The number of nitrogens with one attached hydrogen (secondary N) is 1. The molecule has 0 bridgehead atoms. The third-order valence-electron chi connectivity index (χ3n) is 3.09. The van der Waals surface area contributed by atoms with Gasteiger partial charge in [0.2, 0.25) is 0 Å². The van der Waals surface area contributed by atoms with E-state index in [4.69, 9.17) is 5.73 Å². The van der Waals surface area contributed by atoms with E-state index in [-0.39, 0.29) is 5.91 Å². The van der Waals surface area contributed by atoms with Crippen molar-refractivity contribution < 1.29 is 4.79 Å². The Kier molecular flexibility index (Phi) is 2.59. The van der Waals surface area contributed by atoms with Gasteiger partial charge >= 0.3 is 0 Å². The van der Waals surface area contributed by atoms with Crippen LogP contribution in [0.3, 0.4) is 0 Å². The average Bonchev–Trinajstić information content (AvgIpc) is 2.95. The summed E-state index contributed by atoms with van der Waals surface area (Å²) in [6.45, 7) is 1.95. The molecule has 0 unspecified atom stereocenters. The van der Waals surface area contributed by atoms with Gasteiger partial charge in [-0.25, -0.2) is 0 Å². The van der Waals surface area contributed by atoms with Gasteiger partial charge in [-0.3, -0.25) is 4.79 Å². The quantitative estimate of drug-likeness (QED) is 0.735. The third kappa shape index (κ3) is 1.99. The van der Waals surface area contributed by atoms with Crippen molar-refractivity contribution in [3.05, 3.63) is 47.8 Å². The zero-order chi connectivity index (χ0) is 13.4. The van der Waals surface area contributed by atoms with E-state index in [2.05, 4.69) is 10.1 Å². The number of anilines is 1. The normalized spacial score (nSPS) is 11.0.